The first-order chi connectivity index (χ1) is 13.1. The second-order valence-corrected chi connectivity index (χ2v) is 6.01. The van der Waals surface area contributed by atoms with Crippen LogP contribution in [0.2, 0.25) is 0 Å². The molecule has 0 saturated heterocycles. The second-order valence-electron chi connectivity index (χ2n) is 6.01. The number of hydrogen-bond acceptors (Lipinski definition) is 3. The van der Waals surface area contributed by atoms with Crippen LogP contribution >= 0.6 is 0 Å². The summed E-state index contributed by atoms with van der Waals surface area (Å²) in [4.78, 5) is 11.4. The fourth-order valence-corrected chi connectivity index (χ4v) is 2.93. The molecule has 0 aliphatic carbocycles. The highest BCUT2D eigenvalue weighted by atomic mass is 16.3. The Hall–Kier alpha value is -3.70. The molecule has 0 unspecified atom stereocenters. The van der Waals surface area contributed by atoms with Gasteiger partial charge in [-0.2, -0.15) is 5.26 Å². The van der Waals surface area contributed by atoms with E-state index >= 15 is 0 Å². The zero-order valence-corrected chi connectivity index (χ0v) is 15.2. The van der Waals surface area contributed by atoms with Gasteiger partial charge in [0.2, 0.25) is 5.91 Å². The molecular formula is C22H19N3O2. The van der Waals surface area contributed by atoms with Gasteiger partial charge in [0.25, 0.3) is 0 Å². The molecule has 0 spiro atoms. The fraction of sp³-hybridized carbons (Fsp3) is 0.182. The van der Waals surface area contributed by atoms with E-state index in [-0.39, 0.29) is 11.7 Å². The normalized spacial score (nSPS) is 10.1. The maximum absolute atomic E-state index is 11.4. The molecule has 1 aromatic heterocycles. The number of fused-ring (bicyclic) bond motifs is 1. The van der Waals surface area contributed by atoms with Gasteiger partial charge >= 0.3 is 0 Å². The van der Waals surface area contributed by atoms with Crippen molar-refractivity contribution in [2.24, 2.45) is 0 Å². The number of aromatic hydroxyl groups is 1. The minimum absolute atomic E-state index is 0.0387. The number of benzene rings is 2. The molecule has 2 N–H and O–H groups in total. The lowest BCUT2D eigenvalue weighted by Gasteiger charge is -2.03. The quantitative estimate of drug-likeness (QED) is 0.696. The summed E-state index contributed by atoms with van der Waals surface area (Å²) in [6, 6.07) is 14.5. The molecule has 1 heterocycles. The van der Waals surface area contributed by atoms with E-state index in [1.165, 1.54) is 0 Å². The summed E-state index contributed by atoms with van der Waals surface area (Å²) >= 11 is 0. The number of nitrogens with one attached hydrogen (secondary N) is 1. The summed E-state index contributed by atoms with van der Waals surface area (Å²) in [6.07, 6.45) is 0.426. The van der Waals surface area contributed by atoms with Gasteiger partial charge in [-0.15, -0.1) is 0 Å². The number of carbonyl (C=O) groups excluding carboxylic acids is 1. The van der Waals surface area contributed by atoms with Crippen molar-refractivity contribution in [3.8, 4) is 23.7 Å². The van der Waals surface area contributed by atoms with Crippen LogP contribution in [0.5, 0.6) is 5.75 Å². The standard InChI is InChI=1S/C22H19N3O2/c1-3-22(27)24-16-8-5-15(6-9-16)7-12-20-19(14-23)18-11-10-17(26)13-21(18)25(20)4-2/h5-6,8-11,13,26H,3-4H2,1-2H3,(H,24,27). The van der Waals surface area contributed by atoms with Crippen LogP contribution in [0.3, 0.4) is 0 Å². The number of hydrogen-bond donors (Lipinski definition) is 2. The third kappa shape index (κ3) is 3.63. The molecule has 3 rings (SSSR count). The van der Waals surface area contributed by atoms with Gasteiger partial charge in [0.05, 0.1) is 11.1 Å². The molecule has 0 atom stereocenters. The number of nitrogens with zero attached hydrogens (tertiary/aromatic N) is 2. The molecular weight excluding hydrogens is 338 g/mol. The molecule has 0 fully saturated rings. The summed E-state index contributed by atoms with van der Waals surface area (Å²) in [6.45, 7) is 4.41. The lowest BCUT2D eigenvalue weighted by atomic mass is 10.1. The Morgan fingerprint density at radius 1 is 1.15 bits per heavy atom. The van der Waals surface area contributed by atoms with Crippen molar-refractivity contribution in [2.75, 3.05) is 5.32 Å². The Labute approximate surface area is 157 Å². The van der Waals surface area contributed by atoms with Gasteiger partial charge in [-0.3, -0.25) is 4.79 Å². The first-order valence-corrected chi connectivity index (χ1v) is 8.74. The highest BCUT2D eigenvalue weighted by Gasteiger charge is 2.15. The van der Waals surface area contributed by atoms with Gasteiger partial charge in [0.15, 0.2) is 0 Å². The zero-order chi connectivity index (χ0) is 19.4. The first kappa shape index (κ1) is 18.1. The maximum atomic E-state index is 11.4. The van der Waals surface area contributed by atoms with Gasteiger partial charge < -0.3 is 15.0 Å². The lowest BCUT2D eigenvalue weighted by molar-refractivity contribution is -0.115. The molecule has 134 valence electrons. The van der Waals surface area contributed by atoms with Crippen LogP contribution in [0.1, 0.15) is 37.1 Å². The highest BCUT2D eigenvalue weighted by Crippen LogP contribution is 2.28. The van der Waals surface area contributed by atoms with E-state index in [2.05, 4.69) is 23.2 Å². The van der Waals surface area contributed by atoms with Crippen molar-refractivity contribution in [3.63, 3.8) is 0 Å². The number of anilines is 1. The van der Waals surface area contributed by atoms with Crippen LogP contribution in [0.15, 0.2) is 42.5 Å². The maximum Gasteiger partial charge on any atom is 0.224 e. The highest BCUT2D eigenvalue weighted by molar-refractivity contribution is 5.91. The van der Waals surface area contributed by atoms with Gasteiger partial charge in [0, 0.05) is 35.7 Å². The molecule has 0 saturated carbocycles. The Morgan fingerprint density at radius 2 is 1.89 bits per heavy atom. The van der Waals surface area contributed by atoms with Gasteiger partial charge in [0.1, 0.15) is 17.5 Å². The van der Waals surface area contributed by atoms with E-state index in [0.717, 1.165) is 22.2 Å². The number of amides is 1. The van der Waals surface area contributed by atoms with E-state index in [9.17, 15) is 15.2 Å². The lowest BCUT2D eigenvalue weighted by Crippen LogP contribution is -2.09. The van der Waals surface area contributed by atoms with E-state index < -0.39 is 0 Å². The monoisotopic (exact) mass is 357 g/mol. The summed E-state index contributed by atoms with van der Waals surface area (Å²) < 4.78 is 1.93. The summed E-state index contributed by atoms with van der Waals surface area (Å²) in [5.41, 5.74) is 3.43. The van der Waals surface area contributed by atoms with Gasteiger partial charge in [-0.1, -0.05) is 12.8 Å². The van der Waals surface area contributed by atoms with Crippen LogP contribution in [-0.2, 0) is 11.3 Å². The van der Waals surface area contributed by atoms with Crippen LogP contribution in [0.4, 0.5) is 5.69 Å². The van der Waals surface area contributed by atoms with E-state index in [0.29, 0.717) is 24.2 Å². The Kier molecular flexibility index (Phi) is 5.15. The molecule has 27 heavy (non-hydrogen) atoms. The summed E-state index contributed by atoms with van der Waals surface area (Å²) in [5, 5.41) is 22.9. The van der Waals surface area contributed by atoms with Crippen LogP contribution in [0, 0.1) is 23.2 Å². The van der Waals surface area contributed by atoms with Crippen molar-refractivity contribution >= 4 is 22.5 Å². The molecule has 0 radical (unpaired) electrons. The molecule has 0 bridgehead atoms. The predicted molar refractivity (Wildman–Crippen MR) is 105 cm³/mol. The molecule has 5 nitrogen and oxygen atoms in total. The average molecular weight is 357 g/mol. The van der Waals surface area contributed by atoms with Crippen LogP contribution in [-0.4, -0.2) is 15.6 Å². The molecule has 1 amide bonds. The Balaban J connectivity index is 2.00. The minimum Gasteiger partial charge on any atom is -0.508 e. The molecule has 3 aromatic rings. The number of phenols is 1. The summed E-state index contributed by atoms with van der Waals surface area (Å²) in [7, 11) is 0. The molecule has 0 aliphatic rings. The Morgan fingerprint density at radius 3 is 2.52 bits per heavy atom. The van der Waals surface area contributed by atoms with Crippen LogP contribution < -0.4 is 5.32 Å². The number of aromatic nitrogens is 1. The van der Waals surface area contributed by atoms with Crippen molar-refractivity contribution in [2.45, 2.75) is 26.8 Å². The Bertz CT molecular complexity index is 1110. The first-order valence-electron chi connectivity index (χ1n) is 8.74. The third-order valence-corrected chi connectivity index (χ3v) is 4.29. The van der Waals surface area contributed by atoms with Crippen molar-refractivity contribution in [1.29, 1.82) is 5.26 Å². The fourth-order valence-electron chi connectivity index (χ4n) is 2.93. The largest absolute Gasteiger partial charge is 0.508 e. The molecule has 5 heteroatoms. The van der Waals surface area contributed by atoms with E-state index in [1.54, 1.807) is 37.3 Å². The number of phenolic OH excluding ortho intramolecular Hbond substituents is 1. The number of nitriles is 1. The second kappa shape index (κ2) is 7.68. The van der Waals surface area contributed by atoms with Gasteiger partial charge in [-0.25, -0.2) is 0 Å². The average Bonchev–Trinajstić information content (AvgIpc) is 2.98. The molecule has 2 aromatic carbocycles. The zero-order valence-electron chi connectivity index (χ0n) is 15.2. The van der Waals surface area contributed by atoms with E-state index in [4.69, 9.17) is 0 Å². The smallest absolute Gasteiger partial charge is 0.224 e. The number of rotatable bonds is 3. The summed E-state index contributed by atoms with van der Waals surface area (Å²) in [5.74, 6) is 6.30. The number of aryl methyl sites for hydroxylation is 1. The topological polar surface area (TPSA) is 78.1 Å². The van der Waals surface area contributed by atoms with Crippen molar-refractivity contribution in [1.82, 2.24) is 4.57 Å². The third-order valence-electron chi connectivity index (χ3n) is 4.29. The minimum atomic E-state index is -0.0387. The predicted octanol–water partition coefficient (Wildman–Crippen LogP) is 3.99. The van der Waals surface area contributed by atoms with Gasteiger partial charge in [-0.05, 0) is 49.2 Å². The SMILES string of the molecule is CCC(=O)Nc1ccc(C#Cc2c(C#N)c3ccc(O)cc3n2CC)cc1. The van der Waals surface area contributed by atoms with Crippen LogP contribution in [0.25, 0.3) is 10.9 Å². The van der Waals surface area contributed by atoms with E-state index in [1.807, 2.05) is 23.6 Å². The number of carbonyl (C=O) groups is 1. The van der Waals surface area contributed by atoms with Crippen molar-refractivity contribution < 1.29 is 9.90 Å². The molecule has 0 aliphatic heterocycles. The van der Waals surface area contributed by atoms with Crippen molar-refractivity contribution in [3.05, 3.63) is 59.3 Å².